The third-order valence-corrected chi connectivity index (χ3v) is 11.6. The first kappa shape index (κ1) is 29.8. The molecule has 0 fully saturated rings. The Hall–Kier alpha value is -4.13. The average Bonchev–Trinajstić information content (AvgIpc) is 3.33. The molecular weight excluding hydrogens is 542 g/mol. The van der Waals surface area contributed by atoms with Gasteiger partial charge >= 0.3 is 5.97 Å². The fourth-order valence-electron chi connectivity index (χ4n) is 4.79. The minimum atomic E-state index is -2.88. The van der Waals surface area contributed by atoms with Crippen molar-refractivity contribution < 1.29 is 23.5 Å². The number of anilines is 1. The summed E-state index contributed by atoms with van der Waals surface area (Å²) in [5.74, 6) is -0.815. The van der Waals surface area contributed by atoms with Gasteiger partial charge in [-0.1, -0.05) is 81.4 Å². The third-order valence-electron chi connectivity index (χ3n) is 6.59. The molecule has 11 nitrogen and oxygen atoms in total. The van der Waals surface area contributed by atoms with Gasteiger partial charge in [0, 0.05) is 13.8 Å². The number of rotatable bonds is 11. The Morgan fingerprint density at radius 2 is 1.61 bits per heavy atom. The third kappa shape index (κ3) is 6.78. The van der Waals surface area contributed by atoms with E-state index in [-0.39, 0.29) is 48.0 Å². The smallest absolute Gasteiger partial charge is 0.302 e. The first-order valence-electron chi connectivity index (χ1n) is 13.2. The number of imidazole rings is 1. The number of nitrogens with one attached hydrogen (secondary N) is 2. The second-order valence-electron chi connectivity index (χ2n) is 10.7. The molecule has 0 radical (unpaired) electrons. The predicted molar refractivity (Wildman–Crippen MR) is 158 cm³/mol. The van der Waals surface area contributed by atoms with Crippen molar-refractivity contribution in [1.82, 2.24) is 19.5 Å². The van der Waals surface area contributed by atoms with Crippen molar-refractivity contribution in [2.75, 3.05) is 18.5 Å². The summed E-state index contributed by atoms with van der Waals surface area (Å²) in [6.45, 7) is 9.23. The molecule has 0 spiro atoms. The van der Waals surface area contributed by atoms with Gasteiger partial charge in [-0.2, -0.15) is 4.98 Å². The van der Waals surface area contributed by atoms with Crippen LogP contribution in [0.25, 0.3) is 11.2 Å². The summed E-state index contributed by atoms with van der Waals surface area (Å²) in [6.07, 6.45) is 0.783. The number of carbonyl (C=O) groups is 2. The first-order chi connectivity index (χ1) is 19.5. The monoisotopic (exact) mass is 577 g/mol. The van der Waals surface area contributed by atoms with E-state index in [1.165, 1.54) is 20.2 Å². The van der Waals surface area contributed by atoms with Crippen LogP contribution in [0.3, 0.4) is 0 Å². The van der Waals surface area contributed by atoms with Crippen molar-refractivity contribution in [3.63, 3.8) is 0 Å². The largest absolute Gasteiger partial charge is 0.463 e. The zero-order valence-electron chi connectivity index (χ0n) is 23.8. The number of H-pyrrole nitrogens is 1. The maximum Gasteiger partial charge on any atom is 0.302 e. The number of aromatic amines is 1. The standard InChI is InChI=1S/C29H35N5O6Si/c1-20(35)31-28-32-26-25(27(37)33-28)30-18-34(26)19-39-22(16-38-21(2)36)17-40-41(29(3,4)5,23-12-8-6-9-13-23)24-14-10-7-11-15-24/h6-15,18,22H,16-17,19H2,1-5H3,(H2,31,32,33,35,37). The quantitative estimate of drug-likeness (QED) is 0.205. The van der Waals surface area contributed by atoms with E-state index in [2.05, 4.69) is 65.3 Å². The highest BCUT2D eigenvalue weighted by Crippen LogP contribution is 2.36. The summed E-state index contributed by atoms with van der Waals surface area (Å²) in [6, 6.07) is 20.4. The van der Waals surface area contributed by atoms with Crippen molar-refractivity contribution >= 4 is 47.7 Å². The number of benzene rings is 2. The van der Waals surface area contributed by atoms with E-state index in [4.69, 9.17) is 13.9 Å². The molecule has 1 unspecified atom stereocenters. The van der Waals surface area contributed by atoms with E-state index in [0.29, 0.717) is 0 Å². The molecule has 0 saturated heterocycles. The Labute approximate surface area is 239 Å². The van der Waals surface area contributed by atoms with Gasteiger partial charge < -0.3 is 13.9 Å². The molecule has 4 rings (SSSR count). The number of nitrogens with zero attached hydrogens (tertiary/aromatic N) is 3. The van der Waals surface area contributed by atoms with Gasteiger partial charge in [0.25, 0.3) is 13.9 Å². The number of hydrogen-bond donors (Lipinski definition) is 2. The first-order valence-corrected chi connectivity index (χ1v) is 15.1. The van der Waals surface area contributed by atoms with Crippen LogP contribution in [-0.4, -0.2) is 59.0 Å². The summed E-state index contributed by atoms with van der Waals surface area (Å²) in [5.41, 5.74) is -0.164. The molecule has 216 valence electrons. The lowest BCUT2D eigenvalue weighted by Crippen LogP contribution is -2.67. The lowest BCUT2D eigenvalue weighted by Gasteiger charge is -2.43. The zero-order chi connectivity index (χ0) is 29.6. The summed E-state index contributed by atoms with van der Waals surface area (Å²) < 4.78 is 20.0. The molecule has 1 atom stereocenters. The molecule has 2 aromatic carbocycles. The Balaban J connectivity index is 1.64. The molecule has 1 amide bonds. The Morgan fingerprint density at radius 1 is 1.00 bits per heavy atom. The Kier molecular flexibility index (Phi) is 9.16. The van der Waals surface area contributed by atoms with Crippen LogP contribution in [0, 0.1) is 0 Å². The van der Waals surface area contributed by atoms with Gasteiger partial charge in [-0.15, -0.1) is 0 Å². The maximum atomic E-state index is 12.4. The van der Waals surface area contributed by atoms with Crippen LogP contribution in [0.2, 0.25) is 5.04 Å². The van der Waals surface area contributed by atoms with Gasteiger partial charge in [0.15, 0.2) is 11.2 Å². The van der Waals surface area contributed by atoms with Crippen molar-refractivity contribution in [3.05, 3.63) is 77.3 Å². The average molecular weight is 578 g/mol. The van der Waals surface area contributed by atoms with Crippen LogP contribution in [0.5, 0.6) is 0 Å². The Morgan fingerprint density at radius 3 is 2.15 bits per heavy atom. The second-order valence-corrected chi connectivity index (χ2v) is 15.0. The van der Waals surface area contributed by atoms with E-state index >= 15 is 0 Å². The molecule has 0 bridgehead atoms. The van der Waals surface area contributed by atoms with Gasteiger partial charge in [0.2, 0.25) is 11.9 Å². The normalized spacial score (nSPS) is 12.7. The molecule has 2 heterocycles. The lowest BCUT2D eigenvalue weighted by molar-refractivity contribution is -0.147. The van der Waals surface area contributed by atoms with Gasteiger partial charge in [-0.05, 0) is 15.4 Å². The van der Waals surface area contributed by atoms with E-state index in [1.54, 1.807) is 4.57 Å². The van der Waals surface area contributed by atoms with E-state index < -0.39 is 25.9 Å². The van der Waals surface area contributed by atoms with Crippen LogP contribution in [0.1, 0.15) is 34.6 Å². The molecule has 0 aliphatic heterocycles. The minimum absolute atomic E-state index is 0.00299. The van der Waals surface area contributed by atoms with Crippen molar-refractivity contribution in [2.45, 2.75) is 52.5 Å². The van der Waals surface area contributed by atoms with Crippen LogP contribution in [0.15, 0.2) is 71.8 Å². The van der Waals surface area contributed by atoms with E-state index in [0.717, 1.165) is 10.4 Å². The summed E-state index contributed by atoms with van der Waals surface area (Å²) in [7, 11) is -2.88. The molecule has 0 aliphatic carbocycles. The number of esters is 1. The molecule has 4 aromatic rings. The highest BCUT2D eigenvalue weighted by Gasteiger charge is 2.50. The molecule has 2 N–H and O–H groups in total. The highest BCUT2D eigenvalue weighted by molar-refractivity contribution is 6.99. The maximum absolute atomic E-state index is 12.4. The number of aromatic nitrogens is 4. The Bertz CT molecular complexity index is 1510. The highest BCUT2D eigenvalue weighted by atomic mass is 28.4. The number of ether oxygens (including phenoxy) is 2. The zero-order valence-corrected chi connectivity index (χ0v) is 24.8. The topological polar surface area (TPSA) is 137 Å². The van der Waals surface area contributed by atoms with E-state index in [1.807, 2.05) is 36.4 Å². The van der Waals surface area contributed by atoms with Crippen LogP contribution < -0.4 is 21.2 Å². The van der Waals surface area contributed by atoms with Crippen molar-refractivity contribution in [3.8, 4) is 0 Å². The van der Waals surface area contributed by atoms with Gasteiger partial charge in [0.1, 0.15) is 19.4 Å². The summed E-state index contributed by atoms with van der Waals surface area (Å²) in [4.78, 5) is 46.6. The van der Waals surface area contributed by atoms with Gasteiger partial charge in [-0.3, -0.25) is 29.3 Å². The van der Waals surface area contributed by atoms with Gasteiger partial charge in [-0.25, -0.2) is 4.98 Å². The van der Waals surface area contributed by atoms with E-state index in [9.17, 15) is 14.4 Å². The molecule has 12 heteroatoms. The number of fused-ring (bicyclic) bond motifs is 1. The molecule has 0 saturated carbocycles. The van der Waals surface area contributed by atoms with Gasteiger partial charge in [0.05, 0.1) is 12.9 Å². The molecule has 41 heavy (non-hydrogen) atoms. The van der Waals surface area contributed by atoms with Crippen LogP contribution >= 0.6 is 0 Å². The van der Waals surface area contributed by atoms with Crippen molar-refractivity contribution in [2.24, 2.45) is 0 Å². The summed E-state index contributed by atoms with van der Waals surface area (Å²) in [5, 5.41) is 4.44. The fraction of sp³-hybridized carbons (Fsp3) is 0.345. The molecule has 0 aliphatic rings. The minimum Gasteiger partial charge on any atom is -0.463 e. The molecule has 2 aromatic heterocycles. The van der Waals surface area contributed by atoms with Crippen LogP contribution in [0.4, 0.5) is 5.95 Å². The fourth-order valence-corrected chi connectivity index (χ4v) is 9.39. The van der Waals surface area contributed by atoms with Crippen LogP contribution in [-0.2, 0) is 30.2 Å². The lowest BCUT2D eigenvalue weighted by atomic mass is 10.2. The predicted octanol–water partition coefficient (Wildman–Crippen LogP) is 2.56. The molecular formula is C29H35N5O6Si. The second kappa shape index (κ2) is 12.6. The summed E-state index contributed by atoms with van der Waals surface area (Å²) >= 11 is 0. The number of hydrogen-bond acceptors (Lipinski definition) is 8. The SMILES string of the molecule is CC(=O)Nc1nc2c(ncn2COC(COC(C)=O)CO[Si](c2ccccc2)(c2ccccc2)C(C)(C)C)c(=O)[nH]1. The number of carbonyl (C=O) groups excluding carboxylic acids is 2. The number of amides is 1. The van der Waals surface area contributed by atoms with Crippen molar-refractivity contribution in [1.29, 1.82) is 0 Å².